The Bertz CT molecular complexity index is 600. The number of nitrogens with zero attached hydrogens (tertiary/aromatic N) is 3. The number of rotatable bonds is 3. The maximum atomic E-state index is 11.9. The first-order valence-electron chi connectivity index (χ1n) is 8.11. The largest absolute Gasteiger partial charge is 0.498 e. The Morgan fingerprint density at radius 2 is 1.83 bits per heavy atom. The molecule has 7 nitrogen and oxygen atoms in total. The van der Waals surface area contributed by atoms with Gasteiger partial charge in [0.1, 0.15) is 12.2 Å². The van der Waals surface area contributed by atoms with Crippen molar-refractivity contribution in [3.05, 3.63) is 34.4 Å². The number of carboxylic acid groups (broad SMARTS) is 1. The molecule has 1 heterocycles. The lowest BCUT2D eigenvalue weighted by molar-refractivity contribution is -0.384. The van der Waals surface area contributed by atoms with Gasteiger partial charge in [-0.15, -0.1) is 0 Å². The second-order valence-electron chi connectivity index (χ2n) is 6.43. The van der Waals surface area contributed by atoms with Crippen LogP contribution in [-0.4, -0.2) is 48.1 Å². The summed E-state index contributed by atoms with van der Waals surface area (Å²) in [5.74, 6) is 0. The number of benzene rings is 1. The Hall–Kier alpha value is -1.99. The fourth-order valence-electron chi connectivity index (χ4n) is 3.59. The maximum absolute atomic E-state index is 11.9. The molecule has 7 heteroatoms. The van der Waals surface area contributed by atoms with E-state index in [1.165, 1.54) is 31.4 Å². The zero-order valence-corrected chi connectivity index (χ0v) is 13.0. The number of amides is 1. The van der Waals surface area contributed by atoms with Crippen LogP contribution >= 0.6 is 0 Å². The van der Waals surface area contributed by atoms with Crippen molar-refractivity contribution in [2.45, 2.75) is 31.7 Å². The minimum atomic E-state index is -1.13. The molecule has 2 fully saturated rings. The zero-order valence-electron chi connectivity index (χ0n) is 13.0. The molecule has 1 saturated carbocycles. The topological polar surface area (TPSA) is 86.5 Å². The van der Waals surface area contributed by atoms with Gasteiger partial charge in [-0.05, 0) is 12.8 Å². The summed E-state index contributed by atoms with van der Waals surface area (Å²) in [5.41, 5.74) is 0.530. The molecule has 2 aliphatic rings. The third kappa shape index (κ3) is 2.94. The monoisotopic (exact) mass is 319 g/mol. The molecule has 3 rings (SSSR count). The number of hydrogen-bond donors (Lipinski definition) is 0. The van der Waals surface area contributed by atoms with E-state index in [2.05, 4.69) is 4.90 Å². The highest BCUT2D eigenvalue weighted by Crippen LogP contribution is 2.30. The molecule has 1 atom stereocenters. The molecular weight excluding hydrogens is 298 g/mol. The Labute approximate surface area is 134 Å². The fraction of sp³-hybridized carbons (Fsp3) is 0.562. The molecule has 0 bridgehead atoms. The minimum absolute atomic E-state index is 0.0313. The van der Waals surface area contributed by atoms with Gasteiger partial charge in [0.15, 0.2) is 0 Å². The molecule has 0 aromatic heterocycles. The molecule has 1 aliphatic heterocycles. The van der Waals surface area contributed by atoms with Gasteiger partial charge in [0, 0.05) is 49.8 Å². The van der Waals surface area contributed by atoms with E-state index >= 15 is 0 Å². The first kappa shape index (κ1) is 15.9. The normalized spacial score (nSPS) is 26.3. The van der Waals surface area contributed by atoms with Crippen LogP contribution in [0, 0.1) is 10.1 Å². The van der Waals surface area contributed by atoms with Gasteiger partial charge >= 0.3 is 0 Å². The summed E-state index contributed by atoms with van der Waals surface area (Å²) in [6.45, 7) is 2.53. The summed E-state index contributed by atoms with van der Waals surface area (Å²) in [5, 5.41) is 22.7. The van der Waals surface area contributed by atoms with Gasteiger partial charge in [0.2, 0.25) is 0 Å². The number of nitro benzene ring substituents is 1. The Kier molecular flexibility index (Phi) is 4.32. The van der Waals surface area contributed by atoms with Crippen LogP contribution in [0.15, 0.2) is 24.3 Å². The number of hydrogen-bond acceptors (Lipinski definition) is 5. The van der Waals surface area contributed by atoms with Crippen molar-refractivity contribution in [1.29, 1.82) is 0 Å². The van der Waals surface area contributed by atoms with Crippen LogP contribution in [-0.2, 0) is 0 Å². The number of quaternary nitrogens is 1. The lowest BCUT2D eigenvalue weighted by Crippen LogP contribution is -2.61. The van der Waals surface area contributed by atoms with E-state index in [1.54, 1.807) is 12.1 Å². The molecule has 124 valence electrons. The Morgan fingerprint density at radius 3 is 2.35 bits per heavy atom. The molecule has 1 aliphatic carbocycles. The zero-order chi connectivity index (χ0) is 16.4. The lowest BCUT2D eigenvalue weighted by atomic mass is 9.91. The van der Waals surface area contributed by atoms with Gasteiger partial charge in [-0.3, -0.25) is 15.0 Å². The molecule has 0 radical (unpaired) electrons. The number of non-ortho nitro benzene ring substituents is 1. The van der Waals surface area contributed by atoms with Crippen LogP contribution in [0.5, 0.6) is 0 Å². The molecule has 1 unspecified atom stereocenters. The first-order chi connectivity index (χ1) is 11.0. The third-order valence-corrected chi connectivity index (χ3v) is 5.25. The highest BCUT2D eigenvalue weighted by atomic mass is 16.6. The third-order valence-electron chi connectivity index (χ3n) is 5.25. The summed E-state index contributed by atoms with van der Waals surface area (Å²) in [4.78, 5) is 24.6. The van der Waals surface area contributed by atoms with Crippen LogP contribution in [0.4, 0.5) is 16.2 Å². The summed E-state index contributed by atoms with van der Waals surface area (Å²) >= 11 is 0. The van der Waals surface area contributed by atoms with Crippen molar-refractivity contribution >= 4 is 17.5 Å². The van der Waals surface area contributed by atoms with Crippen molar-refractivity contribution in [1.82, 2.24) is 9.38 Å². The predicted molar refractivity (Wildman–Crippen MR) is 83.8 cm³/mol. The van der Waals surface area contributed by atoms with E-state index in [4.69, 9.17) is 0 Å². The van der Waals surface area contributed by atoms with Crippen LogP contribution in [0.3, 0.4) is 0 Å². The van der Waals surface area contributed by atoms with E-state index in [0.29, 0.717) is 24.8 Å². The highest BCUT2D eigenvalue weighted by molar-refractivity contribution is 5.79. The van der Waals surface area contributed by atoms with E-state index in [9.17, 15) is 20.0 Å². The van der Waals surface area contributed by atoms with Crippen molar-refractivity contribution < 1.29 is 14.8 Å². The second kappa shape index (κ2) is 6.25. The Balaban J connectivity index is 1.84. The van der Waals surface area contributed by atoms with Gasteiger partial charge < -0.3 is 9.90 Å². The maximum Gasteiger partial charge on any atom is 0.269 e. The van der Waals surface area contributed by atoms with Crippen LogP contribution in [0.25, 0.3) is 0 Å². The summed E-state index contributed by atoms with van der Waals surface area (Å²) in [6, 6.07) is 6.42. The van der Waals surface area contributed by atoms with Gasteiger partial charge in [-0.25, -0.2) is 4.48 Å². The Morgan fingerprint density at radius 1 is 1.13 bits per heavy atom. The summed E-state index contributed by atoms with van der Waals surface area (Å²) < 4.78 is -0.249. The highest BCUT2D eigenvalue weighted by Gasteiger charge is 2.38. The second-order valence-corrected chi connectivity index (χ2v) is 6.43. The van der Waals surface area contributed by atoms with Crippen molar-refractivity contribution in [2.24, 2.45) is 0 Å². The predicted octanol–water partition coefficient (Wildman–Crippen LogP) is 1.50. The quantitative estimate of drug-likeness (QED) is 0.479. The van der Waals surface area contributed by atoms with Gasteiger partial charge in [0.05, 0.1) is 11.5 Å². The number of carbonyl (C=O) groups is 1. The van der Waals surface area contributed by atoms with E-state index in [0.717, 1.165) is 19.5 Å². The van der Waals surface area contributed by atoms with Crippen molar-refractivity contribution in [3.8, 4) is 0 Å². The van der Waals surface area contributed by atoms with Crippen molar-refractivity contribution in [3.63, 3.8) is 0 Å². The molecule has 0 N–H and O–H groups in total. The molecule has 1 aromatic rings. The summed E-state index contributed by atoms with van der Waals surface area (Å²) in [7, 11) is 0. The van der Waals surface area contributed by atoms with E-state index in [1.807, 2.05) is 0 Å². The van der Waals surface area contributed by atoms with Crippen LogP contribution in [0.1, 0.15) is 25.7 Å². The molecular formula is C16H21N3O4. The van der Waals surface area contributed by atoms with E-state index in [-0.39, 0.29) is 10.2 Å². The summed E-state index contributed by atoms with van der Waals surface area (Å²) in [6.07, 6.45) is 3.30. The lowest BCUT2D eigenvalue weighted by Gasteiger charge is -2.38. The molecule has 1 amide bonds. The van der Waals surface area contributed by atoms with Crippen molar-refractivity contribution in [2.75, 3.05) is 26.2 Å². The average molecular weight is 319 g/mol. The standard InChI is InChI=1S/C16H21N3O4/c20-16(21)19(15-7-5-14(6-8-15)18(22)23)11-2-9-17(10-12-19)13-3-1-4-13/h5-8,13H,1-4,9-12H2. The van der Waals surface area contributed by atoms with E-state index < -0.39 is 11.0 Å². The average Bonchev–Trinajstić information content (AvgIpc) is 2.69. The molecule has 1 aromatic carbocycles. The molecule has 23 heavy (non-hydrogen) atoms. The number of nitro groups is 1. The van der Waals surface area contributed by atoms with Gasteiger partial charge in [-0.1, -0.05) is 6.42 Å². The number of carbonyl (C=O) groups excluding carboxylic acids is 1. The SMILES string of the molecule is O=C([O-])[N+]1(c2ccc([N+](=O)[O-])cc2)CCCN(C2CCC2)CC1. The smallest absolute Gasteiger partial charge is 0.269 e. The van der Waals surface area contributed by atoms with Crippen LogP contribution < -0.4 is 9.59 Å². The minimum Gasteiger partial charge on any atom is -0.498 e. The first-order valence-corrected chi connectivity index (χ1v) is 8.11. The fourth-order valence-corrected chi connectivity index (χ4v) is 3.59. The van der Waals surface area contributed by atoms with Gasteiger partial charge in [-0.2, -0.15) is 0 Å². The molecule has 0 spiro atoms. The van der Waals surface area contributed by atoms with Gasteiger partial charge in [0.25, 0.3) is 11.8 Å². The van der Waals surface area contributed by atoms with Crippen LogP contribution in [0.2, 0.25) is 0 Å². The molecule has 1 saturated heterocycles.